The topological polar surface area (TPSA) is 99.2 Å². The molecule has 0 unspecified atom stereocenters. The van der Waals surface area contributed by atoms with Gasteiger partial charge in [0.15, 0.2) is 12.4 Å². The number of amides is 1. The van der Waals surface area contributed by atoms with E-state index in [1.165, 1.54) is 31.4 Å². The van der Waals surface area contributed by atoms with Crippen molar-refractivity contribution in [1.29, 1.82) is 0 Å². The number of benzene rings is 3. The Bertz CT molecular complexity index is 1240. The van der Waals surface area contributed by atoms with Crippen LogP contribution in [-0.2, 0) is 14.3 Å². The molecular weight excluding hydrogens is 450 g/mol. The van der Waals surface area contributed by atoms with E-state index in [0.29, 0.717) is 16.9 Å². The Kier molecular flexibility index (Phi) is 7.21. The fraction of sp³-hybridized carbons (Fsp3) is 0.185. The molecule has 1 aliphatic heterocycles. The molecule has 35 heavy (non-hydrogen) atoms. The van der Waals surface area contributed by atoms with Crippen molar-refractivity contribution >= 4 is 29.3 Å². The van der Waals surface area contributed by atoms with Gasteiger partial charge in [0.05, 0.1) is 18.6 Å². The third-order valence-corrected chi connectivity index (χ3v) is 5.56. The van der Waals surface area contributed by atoms with E-state index in [1.807, 2.05) is 18.2 Å². The fourth-order valence-corrected chi connectivity index (χ4v) is 3.69. The summed E-state index contributed by atoms with van der Waals surface area (Å²) in [6.07, 6.45) is 0.0370. The van der Waals surface area contributed by atoms with Gasteiger partial charge in [0.1, 0.15) is 11.5 Å². The second-order valence-electron chi connectivity index (χ2n) is 7.92. The molecule has 3 aromatic rings. The Hall–Kier alpha value is -4.46. The molecular formula is C27H23NO7. The molecule has 1 fully saturated rings. The van der Waals surface area contributed by atoms with Gasteiger partial charge in [0, 0.05) is 24.2 Å². The molecule has 0 bridgehead atoms. The average molecular weight is 473 g/mol. The molecule has 1 amide bonds. The van der Waals surface area contributed by atoms with E-state index < -0.39 is 30.2 Å². The first-order valence-electron chi connectivity index (χ1n) is 11.0. The minimum atomic E-state index is -0.631. The van der Waals surface area contributed by atoms with E-state index in [4.69, 9.17) is 14.2 Å². The maximum absolute atomic E-state index is 12.5. The lowest BCUT2D eigenvalue weighted by Crippen LogP contribution is -2.27. The highest BCUT2D eigenvalue weighted by molar-refractivity contribution is 6.01. The minimum Gasteiger partial charge on any atom is -0.497 e. The summed E-state index contributed by atoms with van der Waals surface area (Å²) in [7, 11) is 1.50. The molecule has 3 aromatic carbocycles. The lowest BCUT2D eigenvalue weighted by Gasteiger charge is -2.16. The number of carbonyl (C=O) groups is 4. The van der Waals surface area contributed by atoms with Crippen molar-refractivity contribution in [2.75, 3.05) is 25.2 Å². The largest absolute Gasteiger partial charge is 0.497 e. The Labute approximate surface area is 202 Å². The molecule has 0 aromatic heterocycles. The Balaban J connectivity index is 1.29. The summed E-state index contributed by atoms with van der Waals surface area (Å²) in [5.41, 5.74) is 1.34. The van der Waals surface area contributed by atoms with Crippen molar-refractivity contribution < 1.29 is 33.4 Å². The van der Waals surface area contributed by atoms with Crippen molar-refractivity contribution in [1.82, 2.24) is 0 Å². The number of ketones is 1. The Morgan fingerprint density at radius 2 is 1.63 bits per heavy atom. The van der Waals surface area contributed by atoms with Gasteiger partial charge in [-0.25, -0.2) is 4.79 Å². The zero-order valence-corrected chi connectivity index (χ0v) is 19.0. The number of esters is 2. The average Bonchev–Trinajstić information content (AvgIpc) is 3.29. The van der Waals surface area contributed by atoms with Gasteiger partial charge in [-0.2, -0.15) is 0 Å². The normalized spacial score (nSPS) is 14.9. The van der Waals surface area contributed by atoms with Gasteiger partial charge in [-0.3, -0.25) is 14.4 Å². The van der Waals surface area contributed by atoms with Crippen molar-refractivity contribution in [3.63, 3.8) is 0 Å². The van der Waals surface area contributed by atoms with Crippen LogP contribution in [0.15, 0.2) is 78.9 Å². The number of hydrogen-bond donors (Lipinski definition) is 0. The number of methoxy groups -OCH3 is 1. The highest BCUT2D eigenvalue weighted by Gasteiger charge is 2.36. The molecule has 0 spiro atoms. The summed E-state index contributed by atoms with van der Waals surface area (Å²) in [6.45, 7) is -0.235. The number of hydrogen-bond acceptors (Lipinski definition) is 7. The summed E-state index contributed by atoms with van der Waals surface area (Å²) >= 11 is 0. The summed E-state index contributed by atoms with van der Waals surface area (Å²) in [6, 6.07) is 21.6. The number of carbonyl (C=O) groups excluding carboxylic acids is 4. The van der Waals surface area contributed by atoms with Crippen LogP contribution in [0.25, 0.3) is 0 Å². The zero-order chi connectivity index (χ0) is 24.8. The van der Waals surface area contributed by atoms with Gasteiger partial charge in [0.2, 0.25) is 5.91 Å². The zero-order valence-electron chi connectivity index (χ0n) is 19.0. The first-order chi connectivity index (χ1) is 16.9. The van der Waals surface area contributed by atoms with Crippen molar-refractivity contribution in [2.24, 2.45) is 5.92 Å². The minimum absolute atomic E-state index is 0.0370. The van der Waals surface area contributed by atoms with E-state index in [-0.39, 0.29) is 24.6 Å². The summed E-state index contributed by atoms with van der Waals surface area (Å²) in [5.74, 6) is -1.56. The molecule has 8 nitrogen and oxygen atoms in total. The summed E-state index contributed by atoms with van der Waals surface area (Å²) in [4.78, 5) is 51.0. The van der Waals surface area contributed by atoms with E-state index >= 15 is 0 Å². The molecule has 178 valence electrons. The van der Waals surface area contributed by atoms with Gasteiger partial charge in [-0.1, -0.05) is 24.3 Å². The number of Topliss-reactive ketones (excluding diaryl/α,β-unsaturated/α-hetero) is 1. The maximum Gasteiger partial charge on any atom is 0.343 e. The Morgan fingerprint density at radius 3 is 2.34 bits per heavy atom. The van der Waals surface area contributed by atoms with Crippen LogP contribution >= 0.6 is 0 Å². The molecule has 4 rings (SSSR count). The predicted octanol–water partition coefficient (Wildman–Crippen LogP) is 3.69. The van der Waals surface area contributed by atoms with Crippen molar-refractivity contribution in [3.05, 3.63) is 90.0 Å². The first-order valence-corrected chi connectivity index (χ1v) is 11.0. The van der Waals surface area contributed by atoms with E-state index in [9.17, 15) is 19.2 Å². The smallest absolute Gasteiger partial charge is 0.343 e. The van der Waals surface area contributed by atoms with Crippen LogP contribution in [0.5, 0.6) is 11.5 Å². The highest BCUT2D eigenvalue weighted by atomic mass is 16.5. The number of anilines is 1. The number of nitrogens with zero attached hydrogens (tertiary/aromatic N) is 1. The third-order valence-electron chi connectivity index (χ3n) is 5.56. The van der Waals surface area contributed by atoms with Crippen molar-refractivity contribution in [2.45, 2.75) is 6.42 Å². The first kappa shape index (κ1) is 23.7. The van der Waals surface area contributed by atoms with Gasteiger partial charge in [-0.05, 0) is 54.6 Å². The van der Waals surface area contributed by atoms with Crippen molar-refractivity contribution in [3.8, 4) is 11.5 Å². The Morgan fingerprint density at radius 1 is 0.886 bits per heavy atom. The van der Waals surface area contributed by atoms with Crippen LogP contribution < -0.4 is 14.4 Å². The lowest BCUT2D eigenvalue weighted by atomic mass is 10.1. The van der Waals surface area contributed by atoms with Crippen LogP contribution in [0.3, 0.4) is 0 Å². The fourth-order valence-electron chi connectivity index (χ4n) is 3.69. The molecule has 0 radical (unpaired) electrons. The molecule has 0 aliphatic carbocycles. The molecule has 1 heterocycles. The SMILES string of the molecule is COc1cccc(C(=O)Oc2ccc(C(=O)COC(=O)[C@H]3CC(=O)N(c4ccccc4)C3)cc2)c1. The van der Waals surface area contributed by atoms with Crippen LogP contribution in [-0.4, -0.2) is 43.9 Å². The quantitative estimate of drug-likeness (QED) is 0.279. The summed E-state index contributed by atoms with van der Waals surface area (Å²) < 4.78 is 15.6. The van der Waals surface area contributed by atoms with E-state index in [2.05, 4.69) is 0 Å². The second-order valence-corrected chi connectivity index (χ2v) is 7.92. The molecule has 1 aliphatic rings. The molecule has 0 saturated carbocycles. The van der Waals surface area contributed by atoms with Gasteiger partial charge >= 0.3 is 11.9 Å². The van der Waals surface area contributed by atoms with Gasteiger partial charge in [0.25, 0.3) is 0 Å². The molecule has 1 saturated heterocycles. The highest BCUT2D eigenvalue weighted by Crippen LogP contribution is 2.25. The van der Waals surface area contributed by atoms with Crippen LogP contribution in [0, 0.1) is 5.92 Å². The summed E-state index contributed by atoms with van der Waals surface area (Å²) in [5, 5.41) is 0. The van der Waals surface area contributed by atoms with Crippen LogP contribution in [0.1, 0.15) is 27.1 Å². The predicted molar refractivity (Wildman–Crippen MR) is 127 cm³/mol. The number of ether oxygens (including phenoxy) is 3. The third kappa shape index (κ3) is 5.73. The standard InChI is InChI=1S/C27H23NO7/c1-33-23-9-5-6-19(14-23)27(32)35-22-12-10-18(11-13-22)24(29)17-34-26(31)20-15-25(30)28(16-20)21-7-3-2-4-8-21/h2-14,20H,15-17H2,1H3/t20-/m0/s1. The molecule has 0 N–H and O–H groups in total. The number of rotatable bonds is 8. The van der Waals surface area contributed by atoms with Crippen LogP contribution in [0.4, 0.5) is 5.69 Å². The second kappa shape index (κ2) is 10.6. The van der Waals surface area contributed by atoms with Crippen LogP contribution in [0.2, 0.25) is 0 Å². The van der Waals surface area contributed by atoms with Gasteiger partial charge in [-0.15, -0.1) is 0 Å². The molecule has 1 atom stereocenters. The lowest BCUT2D eigenvalue weighted by molar-refractivity contribution is -0.147. The maximum atomic E-state index is 12.5. The molecule has 8 heteroatoms. The van der Waals surface area contributed by atoms with Gasteiger partial charge < -0.3 is 19.1 Å². The van der Waals surface area contributed by atoms with E-state index in [0.717, 1.165) is 5.69 Å². The van der Waals surface area contributed by atoms with E-state index in [1.54, 1.807) is 41.3 Å². The monoisotopic (exact) mass is 473 g/mol. The number of para-hydroxylation sites is 1.